The van der Waals surface area contributed by atoms with Gasteiger partial charge in [-0.25, -0.2) is 0 Å². The predicted molar refractivity (Wildman–Crippen MR) is 68.7 cm³/mol. The quantitative estimate of drug-likeness (QED) is 0.887. The van der Waals surface area contributed by atoms with E-state index < -0.39 is 0 Å². The Balaban J connectivity index is 1.35. The minimum absolute atomic E-state index is 0.836. The fourth-order valence-electron chi connectivity index (χ4n) is 5.07. The minimum Gasteiger partial charge on any atom is -0.360 e. The molecule has 0 atom stereocenters. The molecule has 1 heterocycles. The van der Waals surface area contributed by atoms with Gasteiger partial charge in [-0.1, -0.05) is 5.16 Å². The molecule has 4 aliphatic rings. The third-order valence-electron chi connectivity index (χ3n) is 5.59. The van der Waals surface area contributed by atoms with E-state index in [2.05, 4.69) is 10.5 Å². The van der Waals surface area contributed by atoms with Crippen LogP contribution in [0.1, 0.15) is 37.9 Å². The van der Waals surface area contributed by atoms with Gasteiger partial charge in [-0.3, -0.25) is 0 Å². The molecule has 18 heavy (non-hydrogen) atoms. The molecule has 5 rings (SSSR count). The van der Waals surface area contributed by atoms with Crippen LogP contribution in [0.2, 0.25) is 0 Å². The van der Waals surface area contributed by atoms with E-state index >= 15 is 0 Å². The second kappa shape index (κ2) is 4.37. The molecular formula is C15H22N2O. The molecule has 98 valence electrons. The lowest BCUT2D eigenvalue weighted by molar-refractivity contribution is -0.0357. The van der Waals surface area contributed by atoms with Gasteiger partial charge in [-0.05, 0) is 68.2 Å². The van der Waals surface area contributed by atoms with E-state index in [-0.39, 0.29) is 0 Å². The van der Waals surface area contributed by atoms with E-state index in [0.29, 0.717) is 0 Å². The number of aromatic nitrogens is 1. The van der Waals surface area contributed by atoms with Crippen LogP contribution in [0, 0.1) is 29.6 Å². The standard InChI is InChI=1S/C15H22N2O/c1-2-17-18-14(1)8-16-9-15-12-4-10-3-11(6-12)7-13(15)5-10/h1-2,10-13,15-16H,3-9H2. The summed E-state index contributed by atoms with van der Waals surface area (Å²) in [6.45, 7) is 2.01. The van der Waals surface area contributed by atoms with Crippen molar-refractivity contribution >= 4 is 0 Å². The van der Waals surface area contributed by atoms with Gasteiger partial charge in [0.25, 0.3) is 0 Å². The van der Waals surface area contributed by atoms with E-state index in [4.69, 9.17) is 4.52 Å². The average Bonchev–Trinajstić information content (AvgIpc) is 2.85. The lowest BCUT2D eigenvalue weighted by Crippen LogP contribution is -2.48. The lowest BCUT2D eigenvalue weighted by atomic mass is 9.52. The first-order valence-electron chi connectivity index (χ1n) is 7.48. The van der Waals surface area contributed by atoms with Gasteiger partial charge in [-0.2, -0.15) is 0 Å². The van der Waals surface area contributed by atoms with Crippen LogP contribution in [0.15, 0.2) is 16.8 Å². The molecule has 0 spiro atoms. The van der Waals surface area contributed by atoms with E-state index in [0.717, 1.165) is 41.9 Å². The van der Waals surface area contributed by atoms with Gasteiger partial charge in [0.2, 0.25) is 0 Å². The van der Waals surface area contributed by atoms with Crippen molar-refractivity contribution < 1.29 is 4.52 Å². The number of nitrogens with one attached hydrogen (secondary N) is 1. The maximum Gasteiger partial charge on any atom is 0.150 e. The Morgan fingerprint density at radius 3 is 2.44 bits per heavy atom. The Labute approximate surface area is 108 Å². The Kier molecular flexibility index (Phi) is 2.68. The third kappa shape index (κ3) is 1.89. The van der Waals surface area contributed by atoms with Gasteiger partial charge in [0.1, 0.15) is 5.76 Å². The van der Waals surface area contributed by atoms with Crippen LogP contribution in [0.4, 0.5) is 0 Å². The Hall–Kier alpha value is -0.830. The third-order valence-corrected chi connectivity index (χ3v) is 5.59. The first kappa shape index (κ1) is 11.0. The molecule has 4 bridgehead atoms. The van der Waals surface area contributed by atoms with Crippen LogP contribution in [-0.4, -0.2) is 11.7 Å². The summed E-state index contributed by atoms with van der Waals surface area (Å²) in [4.78, 5) is 0. The number of rotatable bonds is 4. The highest BCUT2D eigenvalue weighted by atomic mass is 16.5. The molecule has 1 aromatic heterocycles. The van der Waals surface area contributed by atoms with Crippen molar-refractivity contribution in [1.29, 1.82) is 0 Å². The van der Waals surface area contributed by atoms with E-state index in [1.165, 1.54) is 32.2 Å². The van der Waals surface area contributed by atoms with Crippen molar-refractivity contribution in [3.63, 3.8) is 0 Å². The molecule has 3 heteroatoms. The molecular weight excluding hydrogens is 224 g/mol. The normalized spacial score (nSPS) is 41.4. The first-order valence-corrected chi connectivity index (χ1v) is 7.48. The first-order chi connectivity index (χ1) is 8.88. The van der Waals surface area contributed by atoms with Crippen molar-refractivity contribution in [2.75, 3.05) is 6.54 Å². The molecule has 1 aromatic rings. The topological polar surface area (TPSA) is 38.1 Å². The van der Waals surface area contributed by atoms with E-state index in [1.807, 2.05) is 6.07 Å². The summed E-state index contributed by atoms with van der Waals surface area (Å²) in [5.41, 5.74) is 0. The molecule has 0 saturated heterocycles. The molecule has 4 fully saturated rings. The second-order valence-electron chi connectivity index (χ2n) is 6.70. The highest BCUT2D eigenvalue weighted by molar-refractivity contribution is 4.99. The molecule has 0 amide bonds. The Morgan fingerprint density at radius 1 is 1.11 bits per heavy atom. The van der Waals surface area contributed by atoms with Crippen LogP contribution >= 0.6 is 0 Å². The van der Waals surface area contributed by atoms with Crippen molar-refractivity contribution in [2.24, 2.45) is 29.6 Å². The monoisotopic (exact) mass is 246 g/mol. The summed E-state index contributed by atoms with van der Waals surface area (Å²) in [5.74, 6) is 6.09. The minimum atomic E-state index is 0.836. The zero-order valence-electron chi connectivity index (χ0n) is 10.8. The Bertz CT molecular complexity index is 373. The summed E-state index contributed by atoms with van der Waals surface area (Å²) in [6.07, 6.45) is 9.33. The van der Waals surface area contributed by atoms with Crippen molar-refractivity contribution in [1.82, 2.24) is 10.5 Å². The van der Waals surface area contributed by atoms with Gasteiger partial charge in [0.15, 0.2) is 0 Å². The van der Waals surface area contributed by atoms with Crippen molar-refractivity contribution in [2.45, 2.75) is 38.6 Å². The number of hydrogen-bond acceptors (Lipinski definition) is 3. The summed E-state index contributed by atoms with van der Waals surface area (Å²) in [5, 5.41) is 7.33. The van der Waals surface area contributed by atoms with Gasteiger partial charge >= 0.3 is 0 Å². The van der Waals surface area contributed by atoms with Gasteiger partial charge in [-0.15, -0.1) is 0 Å². The van der Waals surface area contributed by atoms with Crippen LogP contribution in [0.3, 0.4) is 0 Å². The number of hydrogen-bond donors (Lipinski definition) is 1. The lowest BCUT2D eigenvalue weighted by Gasteiger charge is -2.54. The summed E-state index contributed by atoms with van der Waals surface area (Å²) >= 11 is 0. The molecule has 4 saturated carbocycles. The fourth-order valence-corrected chi connectivity index (χ4v) is 5.07. The Morgan fingerprint density at radius 2 is 1.83 bits per heavy atom. The SMILES string of the molecule is c1cc(CNCC2C3CC4CC(C3)CC2C4)on1. The van der Waals surface area contributed by atoms with Crippen molar-refractivity contribution in [3.8, 4) is 0 Å². The largest absolute Gasteiger partial charge is 0.360 e. The molecule has 0 aliphatic heterocycles. The van der Waals surface area contributed by atoms with Crippen LogP contribution < -0.4 is 5.32 Å². The van der Waals surface area contributed by atoms with E-state index in [9.17, 15) is 0 Å². The fraction of sp³-hybridized carbons (Fsp3) is 0.800. The number of nitrogens with zero attached hydrogens (tertiary/aromatic N) is 1. The second-order valence-corrected chi connectivity index (χ2v) is 6.70. The summed E-state index contributed by atoms with van der Waals surface area (Å²) in [7, 11) is 0. The molecule has 3 nitrogen and oxygen atoms in total. The van der Waals surface area contributed by atoms with E-state index in [1.54, 1.807) is 12.6 Å². The predicted octanol–water partition coefficient (Wildman–Crippen LogP) is 2.84. The smallest absolute Gasteiger partial charge is 0.150 e. The van der Waals surface area contributed by atoms with Gasteiger partial charge < -0.3 is 9.84 Å². The summed E-state index contributed by atoms with van der Waals surface area (Å²) in [6, 6.07) is 1.95. The van der Waals surface area contributed by atoms with Gasteiger partial charge in [0.05, 0.1) is 12.7 Å². The molecule has 0 radical (unpaired) electrons. The maximum absolute atomic E-state index is 5.13. The maximum atomic E-state index is 5.13. The van der Waals surface area contributed by atoms with Gasteiger partial charge in [0, 0.05) is 6.07 Å². The average molecular weight is 246 g/mol. The highest BCUT2D eigenvalue weighted by Gasteiger charge is 2.47. The molecule has 1 N–H and O–H groups in total. The van der Waals surface area contributed by atoms with Crippen LogP contribution in [0.5, 0.6) is 0 Å². The van der Waals surface area contributed by atoms with Crippen LogP contribution in [-0.2, 0) is 6.54 Å². The highest BCUT2D eigenvalue weighted by Crippen LogP contribution is 2.56. The van der Waals surface area contributed by atoms with Crippen LogP contribution in [0.25, 0.3) is 0 Å². The zero-order valence-corrected chi connectivity index (χ0v) is 10.8. The zero-order chi connectivity index (χ0) is 11.9. The molecule has 4 aliphatic carbocycles. The molecule has 0 unspecified atom stereocenters. The molecule has 0 aromatic carbocycles. The van der Waals surface area contributed by atoms with Crippen molar-refractivity contribution in [3.05, 3.63) is 18.0 Å². The summed E-state index contributed by atoms with van der Waals surface area (Å²) < 4.78 is 5.13.